The van der Waals surface area contributed by atoms with Crippen LogP contribution < -0.4 is 8.92 Å². The van der Waals surface area contributed by atoms with Crippen LogP contribution in [0.3, 0.4) is 0 Å². The summed E-state index contributed by atoms with van der Waals surface area (Å²) in [6.45, 7) is 0. The molecule has 0 saturated carbocycles. The highest BCUT2D eigenvalue weighted by Crippen LogP contribution is 2.30. The van der Waals surface area contributed by atoms with E-state index in [1.54, 1.807) is 18.2 Å². The lowest BCUT2D eigenvalue weighted by Crippen LogP contribution is -2.10. The second-order valence-corrected chi connectivity index (χ2v) is 5.42. The third kappa shape index (κ3) is 2.97. The van der Waals surface area contributed by atoms with Crippen LogP contribution >= 0.6 is 0 Å². The van der Waals surface area contributed by atoms with Gasteiger partial charge in [0.05, 0.1) is 7.11 Å². The monoisotopic (exact) mass is 292 g/mol. The number of carbonyl (C=O) groups is 1. The van der Waals surface area contributed by atoms with Crippen LogP contribution in [0.5, 0.6) is 11.5 Å². The molecule has 0 heterocycles. The van der Waals surface area contributed by atoms with Crippen molar-refractivity contribution in [2.24, 2.45) is 0 Å². The average Bonchev–Trinajstić information content (AvgIpc) is 2.47. The molecule has 0 unspecified atom stereocenters. The Labute approximate surface area is 116 Å². The van der Waals surface area contributed by atoms with Crippen molar-refractivity contribution >= 4 is 16.4 Å². The lowest BCUT2D eigenvalue weighted by atomic mass is 10.2. The fourth-order valence-corrected chi connectivity index (χ4v) is 2.54. The number of methoxy groups -OCH3 is 1. The van der Waals surface area contributed by atoms with Gasteiger partial charge in [-0.3, -0.25) is 4.79 Å². The highest BCUT2D eigenvalue weighted by molar-refractivity contribution is 7.87. The topological polar surface area (TPSA) is 69.7 Å². The predicted octanol–water partition coefficient (Wildman–Crippen LogP) is 2.28. The Kier molecular flexibility index (Phi) is 4.05. The van der Waals surface area contributed by atoms with Gasteiger partial charge in [0.1, 0.15) is 11.2 Å². The van der Waals surface area contributed by atoms with E-state index >= 15 is 0 Å². The van der Waals surface area contributed by atoms with Crippen molar-refractivity contribution in [2.75, 3.05) is 7.11 Å². The third-order valence-electron chi connectivity index (χ3n) is 2.56. The Bertz CT molecular complexity index is 708. The summed E-state index contributed by atoms with van der Waals surface area (Å²) in [6.07, 6.45) is 0.599. The summed E-state index contributed by atoms with van der Waals surface area (Å²) in [7, 11) is -2.58. The van der Waals surface area contributed by atoms with E-state index in [0.717, 1.165) is 0 Å². The molecule has 6 heteroatoms. The third-order valence-corrected chi connectivity index (χ3v) is 3.80. The van der Waals surface area contributed by atoms with Crippen molar-refractivity contribution in [2.45, 2.75) is 4.90 Å². The van der Waals surface area contributed by atoms with Crippen LogP contribution in [-0.4, -0.2) is 21.8 Å². The van der Waals surface area contributed by atoms with Crippen LogP contribution in [-0.2, 0) is 10.1 Å². The highest BCUT2D eigenvalue weighted by Gasteiger charge is 2.19. The van der Waals surface area contributed by atoms with E-state index in [1.165, 1.54) is 37.4 Å². The SMILES string of the molecule is COc1ccc(C=O)cc1OS(=O)(=O)c1ccccc1. The van der Waals surface area contributed by atoms with Crippen molar-refractivity contribution in [1.82, 2.24) is 0 Å². The van der Waals surface area contributed by atoms with Crippen LogP contribution in [0.2, 0.25) is 0 Å². The Morgan fingerprint density at radius 3 is 2.30 bits per heavy atom. The van der Waals surface area contributed by atoms with Crippen LogP contribution in [0, 0.1) is 0 Å². The van der Waals surface area contributed by atoms with Crippen LogP contribution in [0.4, 0.5) is 0 Å². The van der Waals surface area contributed by atoms with Crippen LogP contribution in [0.1, 0.15) is 10.4 Å². The van der Waals surface area contributed by atoms with E-state index in [9.17, 15) is 13.2 Å². The van der Waals surface area contributed by atoms with Crippen molar-refractivity contribution in [1.29, 1.82) is 0 Å². The maximum absolute atomic E-state index is 12.1. The number of carbonyl (C=O) groups excluding carboxylic acids is 1. The largest absolute Gasteiger partial charge is 0.493 e. The lowest BCUT2D eigenvalue weighted by molar-refractivity contribution is 0.112. The molecule has 0 bridgehead atoms. The summed E-state index contributed by atoms with van der Waals surface area (Å²) in [5.74, 6) is 0.205. The first-order valence-corrected chi connectivity index (χ1v) is 7.10. The van der Waals surface area contributed by atoms with Crippen LogP contribution in [0.15, 0.2) is 53.4 Å². The van der Waals surface area contributed by atoms with Gasteiger partial charge in [0.15, 0.2) is 11.5 Å². The average molecular weight is 292 g/mol. The molecule has 2 rings (SSSR count). The molecule has 0 aromatic heterocycles. The summed E-state index contributed by atoms with van der Waals surface area (Å²) in [6, 6.07) is 12.0. The van der Waals surface area contributed by atoms with Crippen molar-refractivity contribution < 1.29 is 22.1 Å². The van der Waals surface area contributed by atoms with Gasteiger partial charge in [-0.15, -0.1) is 0 Å². The zero-order chi connectivity index (χ0) is 14.6. The predicted molar refractivity (Wildman–Crippen MR) is 72.6 cm³/mol. The number of aldehydes is 1. The molecule has 0 spiro atoms. The molecule has 0 fully saturated rings. The Morgan fingerprint density at radius 2 is 1.70 bits per heavy atom. The van der Waals surface area contributed by atoms with Gasteiger partial charge in [0.2, 0.25) is 0 Å². The summed E-state index contributed by atoms with van der Waals surface area (Å²) >= 11 is 0. The summed E-state index contributed by atoms with van der Waals surface area (Å²) in [5, 5.41) is 0. The Hall–Kier alpha value is -2.34. The zero-order valence-electron chi connectivity index (χ0n) is 10.6. The van der Waals surface area contributed by atoms with Crippen molar-refractivity contribution in [3.05, 3.63) is 54.1 Å². The van der Waals surface area contributed by atoms with Gasteiger partial charge < -0.3 is 8.92 Å². The maximum atomic E-state index is 12.1. The first-order chi connectivity index (χ1) is 9.56. The summed E-state index contributed by atoms with van der Waals surface area (Å²) in [4.78, 5) is 10.8. The molecule has 0 atom stereocenters. The molecule has 104 valence electrons. The van der Waals surface area contributed by atoms with Gasteiger partial charge in [-0.25, -0.2) is 0 Å². The molecular formula is C14H12O5S. The zero-order valence-corrected chi connectivity index (χ0v) is 11.5. The molecule has 5 nitrogen and oxygen atoms in total. The fourth-order valence-electron chi connectivity index (χ4n) is 1.59. The fraction of sp³-hybridized carbons (Fsp3) is 0.0714. The molecule has 20 heavy (non-hydrogen) atoms. The lowest BCUT2D eigenvalue weighted by Gasteiger charge is -2.11. The van der Waals surface area contributed by atoms with Crippen LogP contribution in [0.25, 0.3) is 0 Å². The van der Waals surface area contributed by atoms with Gasteiger partial charge in [-0.1, -0.05) is 18.2 Å². The number of hydrogen-bond donors (Lipinski definition) is 0. The van der Waals surface area contributed by atoms with Gasteiger partial charge in [0, 0.05) is 5.56 Å². The van der Waals surface area contributed by atoms with E-state index < -0.39 is 10.1 Å². The molecular weight excluding hydrogens is 280 g/mol. The Morgan fingerprint density at radius 1 is 1.00 bits per heavy atom. The maximum Gasteiger partial charge on any atom is 0.339 e. The van der Waals surface area contributed by atoms with E-state index in [4.69, 9.17) is 8.92 Å². The Balaban J connectivity index is 2.41. The molecule has 0 saturated heterocycles. The number of ether oxygens (including phenoxy) is 1. The van der Waals surface area contributed by atoms with E-state index in [-0.39, 0.29) is 16.4 Å². The normalized spacial score (nSPS) is 10.8. The van der Waals surface area contributed by atoms with Gasteiger partial charge in [0.25, 0.3) is 0 Å². The molecule has 0 aliphatic rings. The minimum absolute atomic E-state index is 0.0264. The molecule has 2 aromatic rings. The minimum atomic E-state index is -3.97. The molecule has 0 aliphatic carbocycles. The molecule has 0 N–H and O–H groups in total. The molecule has 0 aliphatic heterocycles. The smallest absolute Gasteiger partial charge is 0.339 e. The second kappa shape index (κ2) is 5.75. The molecule has 2 aromatic carbocycles. The van der Waals surface area contributed by atoms with Gasteiger partial charge in [-0.05, 0) is 30.3 Å². The molecule has 0 radical (unpaired) electrons. The van der Waals surface area contributed by atoms with Crippen molar-refractivity contribution in [3.63, 3.8) is 0 Å². The first-order valence-electron chi connectivity index (χ1n) is 5.69. The first kappa shape index (κ1) is 14.1. The van der Waals surface area contributed by atoms with Gasteiger partial charge in [-0.2, -0.15) is 8.42 Å². The summed E-state index contributed by atoms with van der Waals surface area (Å²) in [5.41, 5.74) is 0.295. The quantitative estimate of drug-likeness (QED) is 0.624. The summed E-state index contributed by atoms with van der Waals surface area (Å²) < 4.78 is 34.3. The second-order valence-electron chi connectivity index (χ2n) is 3.88. The standard InChI is InChI=1S/C14H12O5S/c1-18-13-8-7-11(10-15)9-14(13)19-20(16,17)12-5-3-2-4-6-12/h2-10H,1H3. The number of hydrogen-bond acceptors (Lipinski definition) is 5. The van der Waals surface area contributed by atoms with Gasteiger partial charge >= 0.3 is 10.1 Å². The minimum Gasteiger partial charge on any atom is -0.493 e. The number of benzene rings is 2. The highest BCUT2D eigenvalue weighted by atomic mass is 32.2. The van der Waals surface area contributed by atoms with E-state index in [0.29, 0.717) is 11.8 Å². The van der Waals surface area contributed by atoms with Crippen molar-refractivity contribution in [3.8, 4) is 11.5 Å². The van der Waals surface area contributed by atoms with E-state index in [1.807, 2.05) is 0 Å². The molecule has 0 amide bonds. The number of rotatable bonds is 5. The van der Waals surface area contributed by atoms with E-state index in [2.05, 4.69) is 0 Å².